The number of nitro benzene ring substituents is 1. The van der Waals surface area contributed by atoms with Crippen molar-refractivity contribution in [1.82, 2.24) is 4.57 Å². The van der Waals surface area contributed by atoms with Crippen LogP contribution >= 0.6 is 0 Å². The van der Waals surface area contributed by atoms with E-state index in [2.05, 4.69) is 19.9 Å². The summed E-state index contributed by atoms with van der Waals surface area (Å²) in [5.74, 6) is -0.467. The smallest absolute Gasteiger partial charge is 0.297 e. The summed E-state index contributed by atoms with van der Waals surface area (Å²) < 4.78 is 6.76. The molecule has 144 valence electrons. The van der Waals surface area contributed by atoms with Gasteiger partial charge in [0.05, 0.1) is 10.4 Å². The highest BCUT2D eigenvalue weighted by Gasteiger charge is 2.18. The minimum absolute atomic E-state index is 0.152. The molecule has 1 aromatic carbocycles. The lowest BCUT2D eigenvalue weighted by Gasteiger charge is -2.12. The lowest BCUT2D eigenvalue weighted by Crippen LogP contribution is -2.20. The molecule has 2 rings (SSSR count). The Labute approximate surface area is 157 Å². The number of hydrogen-bond donors (Lipinski definition) is 1. The van der Waals surface area contributed by atoms with Gasteiger partial charge < -0.3 is 14.4 Å². The molecule has 7 heteroatoms. The standard InChI is InChI=1S/C20H24N2O5/c1-13(2)6-5-7-14(3)10-11-27-19-18(23)16-9-8-15(22(25)26)12-17(16)21(4)20(19)24/h6,8-10,12,23H,5,7,11H2,1-4H3. The van der Waals surface area contributed by atoms with E-state index in [-0.39, 0.29) is 29.3 Å². The lowest BCUT2D eigenvalue weighted by molar-refractivity contribution is -0.384. The molecule has 0 unspecified atom stereocenters. The van der Waals surface area contributed by atoms with Crippen molar-refractivity contribution in [3.05, 3.63) is 62.0 Å². The molecule has 0 spiro atoms. The third kappa shape index (κ3) is 4.75. The van der Waals surface area contributed by atoms with Crippen LogP contribution in [-0.2, 0) is 7.05 Å². The van der Waals surface area contributed by atoms with Crippen LogP contribution in [0.3, 0.4) is 0 Å². The van der Waals surface area contributed by atoms with Crippen molar-refractivity contribution in [1.29, 1.82) is 0 Å². The van der Waals surface area contributed by atoms with Crippen LogP contribution in [0, 0.1) is 10.1 Å². The van der Waals surface area contributed by atoms with E-state index in [1.807, 2.05) is 13.0 Å². The summed E-state index contributed by atoms with van der Waals surface area (Å²) >= 11 is 0. The molecule has 27 heavy (non-hydrogen) atoms. The van der Waals surface area contributed by atoms with Crippen molar-refractivity contribution >= 4 is 16.6 Å². The number of aryl methyl sites for hydroxylation is 1. The number of aromatic hydroxyl groups is 1. The Balaban J connectivity index is 2.26. The zero-order valence-electron chi connectivity index (χ0n) is 16.0. The number of benzene rings is 1. The summed E-state index contributed by atoms with van der Waals surface area (Å²) in [7, 11) is 1.49. The Bertz CT molecular complexity index is 982. The second-order valence-corrected chi connectivity index (χ2v) is 6.68. The minimum Gasteiger partial charge on any atom is -0.504 e. The first-order valence-electron chi connectivity index (χ1n) is 8.64. The van der Waals surface area contributed by atoms with Gasteiger partial charge in [-0.25, -0.2) is 0 Å². The lowest BCUT2D eigenvalue weighted by atomic mass is 10.1. The van der Waals surface area contributed by atoms with Gasteiger partial charge in [0.2, 0.25) is 5.75 Å². The van der Waals surface area contributed by atoms with E-state index in [1.165, 1.54) is 35.4 Å². The Kier molecular flexibility index (Phi) is 6.39. The zero-order valence-corrected chi connectivity index (χ0v) is 16.0. The molecule has 1 N–H and O–H groups in total. The number of nitrogens with zero attached hydrogens (tertiary/aromatic N) is 2. The number of ether oxygens (including phenoxy) is 1. The van der Waals surface area contributed by atoms with Gasteiger partial charge in [-0.15, -0.1) is 0 Å². The highest BCUT2D eigenvalue weighted by molar-refractivity contribution is 5.89. The van der Waals surface area contributed by atoms with E-state index < -0.39 is 10.5 Å². The maximum atomic E-state index is 12.5. The normalized spacial score (nSPS) is 11.5. The summed E-state index contributed by atoms with van der Waals surface area (Å²) in [5.41, 5.74) is 1.97. The molecule has 0 aliphatic heterocycles. The van der Waals surface area contributed by atoms with Gasteiger partial charge in [0.15, 0.2) is 5.75 Å². The molecule has 1 heterocycles. The van der Waals surface area contributed by atoms with Crippen molar-refractivity contribution in [2.45, 2.75) is 33.6 Å². The van der Waals surface area contributed by atoms with Crippen molar-refractivity contribution in [2.75, 3.05) is 6.61 Å². The zero-order chi connectivity index (χ0) is 20.1. The maximum absolute atomic E-state index is 12.5. The molecule has 0 bridgehead atoms. The van der Waals surface area contributed by atoms with E-state index in [4.69, 9.17) is 4.74 Å². The van der Waals surface area contributed by atoms with Crippen LogP contribution in [0.25, 0.3) is 10.9 Å². The third-order valence-electron chi connectivity index (χ3n) is 4.27. The molecule has 0 radical (unpaired) electrons. The van der Waals surface area contributed by atoms with E-state index >= 15 is 0 Å². The summed E-state index contributed by atoms with van der Waals surface area (Å²) in [4.78, 5) is 22.9. The van der Waals surface area contributed by atoms with E-state index in [0.717, 1.165) is 18.4 Å². The predicted octanol–water partition coefficient (Wildman–Crippen LogP) is 4.22. The van der Waals surface area contributed by atoms with Gasteiger partial charge in [-0.2, -0.15) is 0 Å². The van der Waals surface area contributed by atoms with E-state index in [0.29, 0.717) is 5.39 Å². The highest BCUT2D eigenvalue weighted by atomic mass is 16.6. The second kappa shape index (κ2) is 8.53. The van der Waals surface area contributed by atoms with Gasteiger partial charge in [-0.1, -0.05) is 17.2 Å². The average molecular weight is 372 g/mol. The van der Waals surface area contributed by atoms with Gasteiger partial charge in [0.25, 0.3) is 11.2 Å². The van der Waals surface area contributed by atoms with Crippen LogP contribution in [0.4, 0.5) is 5.69 Å². The van der Waals surface area contributed by atoms with Crippen molar-refractivity contribution in [2.24, 2.45) is 7.05 Å². The van der Waals surface area contributed by atoms with Crippen molar-refractivity contribution in [3.8, 4) is 11.5 Å². The molecule has 0 saturated heterocycles. The van der Waals surface area contributed by atoms with Crippen LogP contribution in [0.1, 0.15) is 33.6 Å². The Morgan fingerprint density at radius 3 is 2.63 bits per heavy atom. The van der Waals surface area contributed by atoms with Crippen LogP contribution in [0.5, 0.6) is 11.5 Å². The number of fused-ring (bicyclic) bond motifs is 1. The van der Waals surface area contributed by atoms with Crippen molar-refractivity contribution in [3.63, 3.8) is 0 Å². The van der Waals surface area contributed by atoms with Gasteiger partial charge in [-0.05, 0) is 45.8 Å². The molecule has 0 fully saturated rings. The first kappa shape index (κ1) is 20.2. The van der Waals surface area contributed by atoms with Gasteiger partial charge in [0.1, 0.15) is 6.61 Å². The van der Waals surface area contributed by atoms with Crippen LogP contribution in [0.15, 0.2) is 46.3 Å². The largest absolute Gasteiger partial charge is 0.504 e. The molecule has 1 aromatic heterocycles. The van der Waals surface area contributed by atoms with Crippen LogP contribution in [0.2, 0.25) is 0 Å². The topological polar surface area (TPSA) is 94.6 Å². The van der Waals surface area contributed by atoms with Gasteiger partial charge >= 0.3 is 0 Å². The number of aromatic nitrogens is 1. The number of nitro groups is 1. The second-order valence-electron chi connectivity index (χ2n) is 6.68. The fourth-order valence-electron chi connectivity index (χ4n) is 2.68. The molecular formula is C20H24N2O5. The molecule has 2 aromatic rings. The highest BCUT2D eigenvalue weighted by Crippen LogP contribution is 2.32. The number of pyridine rings is 1. The Morgan fingerprint density at radius 2 is 2.00 bits per heavy atom. The van der Waals surface area contributed by atoms with Crippen LogP contribution in [-0.4, -0.2) is 21.2 Å². The fourth-order valence-corrected chi connectivity index (χ4v) is 2.68. The van der Waals surface area contributed by atoms with E-state index in [9.17, 15) is 20.0 Å². The molecule has 0 saturated carbocycles. The minimum atomic E-state index is -0.547. The molecule has 7 nitrogen and oxygen atoms in total. The average Bonchev–Trinajstić information content (AvgIpc) is 2.61. The Morgan fingerprint density at radius 1 is 1.30 bits per heavy atom. The Hall–Kier alpha value is -3.09. The molecule has 0 aliphatic rings. The number of allylic oxidation sites excluding steroid dienone is 3. The molecular weight excluding hydrogens is 348 g/mol. The number of non-ortho nitro benzene ring substituents is 1. The molecule has 0 aliphatic carbocycles. The van der Waals surface area contributed by atoms with Gasteiger partial charge in [0, 0.05) is 24.6 Å². The summed E-state index contributed by atoms with van der Waals surface area (Å²) in [5, 5.41) is 21.7. The fraction of sp³-hybridized carbons (Fsp3) is 0.350. The first-order chi connectivity index (χ1) is 12.7. The molecule has 0 atom stereocenters. The van der Waals surface area contributed by atoms with E-state index in [1.54, 1.807) is 0 Å². The van der Waals surface area contributed by atoms with Gasteiger partial charge in [-0.3, -0.25) is 14.9 Å². The monoisotopic (exact) mass is 372 g/mol. The maximum Gasteiger partial charge on any atom is 0.297 e. The third-order valence-corrected chi connectivity index (χ3v) is 4.27. The number of hydrogen-bond acceptors (Lipinski definition) is 5. The quantitative estimate of drug-likeness (QED) is 0.446. The first-order valence-corrected chi connectivity index (χ1v) is 8.64. The summed E-state index contributed by atoms with van der Waals surface area (Å²) in [6, 6.07) is 3.95. The predicted molar refractivity (Wildman–Crippen MR) is 105 cm³/mol. The van der Waals surface area contributed by atoms with Crippen molar-refractivity contribution < 1.29 is 14.8 Å². The SMILES string of the molecule is CC(C)=CCCC(C)=CCOc1c(O)c2ccc([N+](=O)[O-])cc2n(C)c1=O. The van der Waals surface area contributed by atoms with Crippen LogP contribution < -0.4 is 10.3 Å². The molecule has 0 amide bonds. The summed E-state index contributed by atoms with van der Waals surface area (Å²) in [6.45, 7) is 6.24. The summed E-state index contributed by atoms with van der Waals surface area (Å²) in [6.07, 6.45) is 5.85. The number of rotatable bonds is 7.